The predicted molar refractivity (Wildman–Crippen MR) is 88.6 cm³/mol. The Kier molecular flexibility index (Phi) is 4.06. The Morgan fingerprint density at radius 3 is 2.17 bits per heavy atom. The van der Waals surface area contributed by atoms with Crippen molar-refractivity contribution in [1.29, 1.82) is 0 Å². The first-order valence-corrected chi connectivity index (χ1v) is 7.31. The van der Waals surface area contributed by atoms with Gasteiger partial charge in [0.15, 0.2) is 5.78 Å². The Bertz CT molecular complexity index is 765. The van der Waals surface area contributed by atoms with Crippen LogP contribution in [0.3, 0.4) is 0 Å². The van der Waals surface area contributed by atoms with Crippen LogP contribution >= 0.6 is 0 Å². The summed E-state index contributed by atoms with van der Waals surface area (Å²) < 4.78 is 16.1. The lowest BCUT2D eigenvalue weighted by atomic mass is 10.1. The molecule has 0 unspecified atom stereocenters. The molecule has 2 aromatic carbocycles. The first-order valence-electron chi connectivity index (χ1n) is 7.31. The smallest absolute Gasteiger partial charge is 0.189 e. The molecule has 0 atom stereocenters. The Balaban J connectivity index is 2.08. The number of ketones is 1. The van der Waals surface area contributed by atoms with Crippen molar-refractivity contribution >= 4 is 11.9 Å². The number of carbonyl (C=O) groups excluding carboxylic acids is 1. The normalized spacial score (nSPS) is 14.7. The maximum absolute atomic E-state index is 12.5. The van der Waals surface area contributed by atoms with Gasteiger partial charge in [0.2, 0.25) is 0 Å². The molecule has 0 heterocycles. The number of fused-ring (bicyclic) bond motifs is 1. The van der Waals surface area contributed by atoms with Gasteiger partial charge >= 0.3 is 0 Å². The summed E-state index contributed by atoms with van der Waals surface area (Å²) in [4.78, 5) is 12.5. The lowest BCUT2D eigenvalue weighted by Crippen LogP contribution is -1.98. The fourth-order valence-corrected chi connectivity index (χ4v) is 2.82. The van der Waals surface area contributed by atoms with Gasteiger partial charge in [-0.05, 0) is 11.6 Å². The van der Waals surface area contributed by atoms with Gasteiger partial charge in [-0.25, -0.2) is 0 Å². The van der Waals surface area contributed by atoms with Gasteiger partial charge in [-0.15, -0.1) is 0 Å². The summed E-state index contributed by atoms with van der Waals surface area (Å²) in [5.74, 6) is 1.91. The Morgan fingerprint density at radius 2 is 1.61 bits per heavy atom. The predicted octanol–water partition coefficient (Wildman–Crippen LogP) is 3.53. The molecule has 1 aliphatic carbocycles. The fourth-order valence-electron chi connectivity index (χ4n) is 2.82. The maximum Gasteiger partial charge on any atom is 0.189 e. The largest absolute Gasteiger partial charge is 0.496 e. The molecule has 0 radical (unpaired) electrons. The highest BCUT2D eigenvalue weighted by atomic mass is 16.5. The van der Waals surface area contributed by atoms with E-state index < -0.39 is 0 Å². The van der Waals surface area contributed by atoms with E-state index in [1.165, 1.54) is 0 Å². The number of hydrogen-bond acceptors (Lipinski definition) is 4. The third-order valence-electron chi connectivity index (χ3n) is 4.01. The monoisotopic (exact) mass is 310 g/mol. The van der Waals surface area contributed by atoms with Crippen molar-refractivity contribution in [3.63, 3.8) is 0 Å². The Labute approximate surface area is 135 Å². The minimum absolute atomic E-state index is 0.0560. The van der Waals surface area contributed by atoms with Crippen LogP contribution < -0.4 is 14.2 Å². The van der Waals surface area contributed by atoms with E-state index in [1.54, 1.807) is 33.5 Å². The van der Waals surface area contributed by atoms with Crippen LogP contribution in [0.2, 0.25) is 0 Å². The van der Waals surface area contributed by atoms with Gasteiger partial charge in [0, 0.05) is 29.7 Å². The highest BCUT2D eigenvalue weighted by molar-refractivity contribution is 6.15. The van der Waals surface area contributed by atoms with Gasteiger partial charge in [-0.2, -0.15) is 0 Å². The highest BCUT2D eigenvalue weighted by Gasteiger charge is 2.25. The summed E-state index contributed by atoms with van der Waals surface area (Å²) in [5, 5.41) is 0. The zero-order valence-electron chi connectivity index (χ0n) is 13.4. The van der Waals surface area contributed by atoms with E-state index in [-0.39, 0.29) is 5.78 Å². The Morgan fingerprint density at radius 1 is 0.957 bits per heavy atom. The molecule has 0 fully saturated rings. The summed E-state index contributed by atoms with van der Waals surface area (Å²) in [7, 11) is 4.76. The van der Waals surface area contributed by atoms with Gasteiger partial charge in [-0.1, -0.05) is 24.3 Å². The van der Waals surface area contributed by atoms with E-state index in [1.807, 2.05) is 30.3 Å². The van der Waals surface area contributed by atoms with Crippen LogP contribution in [0.5, 0.6) is 17.2 Å². The van der Waals surface area contributed by atoms with E-state index in [2.05, 4.69) is 0 Å². The van der Waals surface area contributed by atoms with Crippen LogP contribution in [0.15, 0.2) is 42.0 Å². The van der Waals surface area contributed by atoms with Crippen LogP contribution in [0, 0.1) is 0 Å². The van der Waals surface area contributed by atoms with E-state index in [4.69, 9.17) is 14.2 Å². The molecule has 118 valence electrons. The lowest BCUT2D eigenvalue weighted by molar-refractivity contribution is 0.104. The van der Waals surface area contributed by atoms with Crippen LogP contribution in [0.25, 0.3) is 6.08 Å². The number of ether oxygens (including phenoxy) is 3. The van der Waals surface area contributed by atoms with Crippen LogP contribution in [-0.4, -0.2) is 27.1 Å². The molecule has 4 heteroatoms. The average Bonchev–Trinajstić information content (AvgIpc) is 2.91. The molecule has 2 aromatic rings. The summed E-state index contributed by atoms with van der Waals surface area (Å²) in [6.45, 7) is 0. The molecule has 0 spiro atoms. The molecule has 0 amide bonds. The van der Waals surface area contributed by atoms with Crippen molar-refractivity contribution in [1.82, 2.24) is 0 Å². The topological polar surface area (TPSA) is 44.8 Å². The van der Waals surface area contributed by atoms with Gasteiger partial charge < -0.3 is 14.2 Å². The van der Waals surface area contributed by atoms with Crippen molar-refractivity contribution in [2.24, 2.45) is 0 Å². The molecular weight excluding hydrogens is 292 g/mol. The van der Waals surface area contributed by atoms with Crippen molar-refractivity contribution in [3.8, 4) is 17.2 Å². The standard InChI is InChI=1S/C19H18O4/c1-21-14-10-17(22-2)16(18(11-14)23-3)9-13-8-12-6-4-5-7-15(12)19(13)20/h4-7,9-11H,8H2,1-3H3. The number of Topliss-reactive ketones (excluding diaryl/α,β-unsaturated/α-hetero) is 1. The zero-order chi connectivity index (χ0) is 16.4. The number of allylic oxidation sites excluding steroid dienone is 1. The lowest BCUT2D eigenvalue weighted by Gasteiger charge is -2.13. The zero-order valence-corrected chi connectivity index (χ0v) is 13.4. The first-order chi connectivity index (χ1) is 11.2. The number of rotatable bonds is 4. The van der Waals surface area contributed by atoms with E-state index in [0.717, 1.165) is 22.3 Å². The van der Waals surface area contributed by atoms with Crippen LogP contribution in [-0.2, 0) is 6.42 Å². The SMILES string of the molecule is COc1cc(OC)c(C=C2Cc3ccccc3C2=O)c(OC)c1. The van der Waals surface area contributed by atoms with E-state index >= 15 is 0 Å². The molecule has 0 saturated carbocycles. The summed E-state index contributed by atoms with van der Waals surface area (Å²) in [6.07, 6.45) is 2.47. The third kappa shape index (κ3) is 2.68. The maximum atomic E-state index is 12.5. The summed E-state index contributed by atoms with van der Waals surface area (Å²) in [6, 6.07) is 11.2. The molecule has 1 aliphatic rings. The number of methoxy groups -OCH3 is 3. The van der Waals surface area contributed by atoms with Crippen molar-refractivity contribution in [2.75, 3.05) is 21.3 Å². The first kappa shape index (κ1) is 15.2. The fraction of sp³-hybridized carbons (Fsp3) is 0.211. The molecule has 23 heavy (non-hydrogen) atoms. The highest BCUT2D eigenvalue weighted by Crippen LogP contribution is 2.37. The molecule has 0 saturated heterocycles. The second kappa shape index (κ2) is 6.16. The van der Waals surface area contributed by atoms with Crippen molar-refractivity contribution in [3.05, 3.63) is 58.7 Å². The average molecular weight is 310 g/mol. The van der Waals surface area contributed by atoms with Crippen molar-refractivity contribution < 1.29 is 19.0 Å². The molecule has 0 aromatic heterocycles. The molecular formula is C19H18O4. The third-order valence-corrected chi connectivity index (χ3v) is 4.01. The summed E-state index contributed by atoms with van der Waals surface area (Å²) >= 11 is 0. The quantitative estimate of drug-likeness (QED) is 0.810. The van der Waals surface area contributed by atoms with Gasteiger partial charge in [0.05, 0.1) is 26.9 Å². The van der Waals surface area contributed by atoms with Gasteiger partial charge in [-0.3, -0.25) is 4.79 Å². The van der Waals surface area contributed by atoms with Crippen molar-refractivity contribution in [2.45, 2.75) is 6.42 Å². The van der Waals surface area contributed by atoms with E-state index in [0.29, 0.717) is 23.7 Å². The molecule has 0 bridgehead atoms. The molecule has 3 rings (SSSR count). The molecule has 0 N–H and O–H groups in total. The van der Waals surface area contributed by atoms with Gasteiger partial charge in [0.25, 0.3) is 0 Å². The summed E-state index contributed by atoms with van der Waals surface area (Å²) in [5.41, 5.74) is 3.29. The second-order valence-corrected chi connectivity index (χ2v) is 5.28. The van der Waals surface area contributed by atoms with Gasteiger partial charge in [0.1, 0.15) is 17.2 Å². The second-order valence-electron chi connectivity index (χ2n) is 5.28. The number of hydrogen-bond donors (Lipinski definition) is 0. The number of benzene rings is 2. The van der Waals surface area contributed by atoms with E-state index in [9.17, 15) is 4.79 Å². The number of carbonyl (C=O) groups is 1. The minimum atomic E-state index is 0.0560. The van der Waals surface area contributed by atoms with Crippen LogP contribution in [0.1, 0.15) is 21.5 Å². The Hall–Kier alpha value is -2.75. The molecule has 4 nitrogen and oxygen atoms in total. The van der Waals surface area contributed by atoms with Crippen LogP contribution in [0.4, 0.5) is 0 Å². The molecule has 0 aliphatic heterocycles. The minimum Gasteiger partial charge on any atom is -0.496 e.